The van der Waals surface area contributed by atoms with Crippen LogP contribution in [-0.2, 0) is 6.42 Å². The van der Waals surface area contributed by atoms with Gasteiger partial charge >= 0.3 is 0 Å². The van der Waals surface area contributed by atoms with Crippen molar-refractivity contribution in [3.05, 3.63) is 59.9 Å². The Kier molecular flexibility index (Phi) is 3.86. The second-order valence-electron chi connectivity index (χ2n) is 5.52. The number of benzene rings is 1. The summed E-state index contributed by atoms with van der Waals surface area (Å²) in [6.07, 6.45) is 3.74. The molecule has 3 rings (SSSR count). The summed E-state index contributed by atoms with van der Waals surface area (Å²) in [5.74, 6) is 1.00. The topological polar surface area (TPSA) is 42.2 Å². The molecule has 1 unspecified atom stereocenters. The first-order valence-corrected chi connectivity index (χ1v) is 7.33. The van der Waals surface area contributed by atoms with E-state index in [1.165, 1.54) is 11.1 Å². The SMILES string of the molecule is Cc1cc(NC(C)CCc2ccccc2)n2ncnc2c1. The summed E-state index contributed by atoms with van der Waals surface area (Å²) in [7, 11) is 0. The van der Waals surface area contributed by atoms with Crippen LogP contribution in [0.2, 0.25) is 0 Å². The first-order valence-electron chi connectivity index (χ1n) is 7.33. The molecule has 0 saturated heterocycles. The van der Waals surface area contributed by atoms with Crippen molar-refractivity contribution in [3.63, 3.8) is 0 Å². The molecule has 1 aromatic carbocycles. The summed E-state index contributed by atoms with van der Waals surface area (Å²) in [6, 6.07) is 15.1. The van der Waals surface area contributed by atoms with E-state index >= 15 is 0 Å². The molecule has 1 atom stereocenters. The van der Waals surface area contributed by atoms with E-state index in [0.29, 0.717) is 6.04 Å². The van der Waals surface area contributed by atoms with Gasteiger partial charge in [-0.25, -0.2) is 4.98 Å². The van der Waals surface area contributed by atoms with Crippen LogP contribution in [0, 0.1) is 6.92 Å². The van der Waals surface area contributed by atoms with Crippen molar-refractivity contribution in [1.29, 1.82) is 0 Å². The van der Waals surface area contributed by atoms with Crippen molar-refractivity contribution >= 4 is 11.5 Å². The third-order valence-electron chi connectivity index (χ3n) is 3.63. The van der Waals surface area contributed by atoms with Gasteiger partial charge in [-0.15, -0.1) is 0 Å². The molecular weight excluding hydrogens is 260 g/mol. The number of hydrogen-bond acceptors (Lipinski definition) is 3. The molecule has 0 spiro atoms. The number of rotatable bonds is 5. The summed E-state index contributed by atoms with van der Waals surface area (Å²) in [6.45, 7) is 4.28. The zero-order chi connectivity index (χ0) is 14.7. The first-order chi connectivity index (χ1) is 10.2. The Morgan fingerprint density at radius 1 is 1.19 bits per heavy atom. The van der Waals surface area contributed by atoms with E-state index < -0.39 is 0 Å². The van der Waals surface area contributed by atoms with Gasteiger partial charge in [-0.05, 0) is 49.9 Å². The molecule has 1 N–H and O–H groups in total. The molecule has 2 aromatic heterocycles. The van der Waals surface area contributed by atoms with Gasteiger partial charge in [-0.1, -0.05) is 30.3 Å². The fraction of sp³-hybridized carbons (Fsp3) is 0.294. The minimum Gasteiger partial charge on any atom is -0.367 e. The first kappa shape index (κ1) is 13.6. The lowest BCUT2D eigenvalue weighted by Crippen LogP contribution is -2.18. The van der Waals surface area contributed by atoms with Gasteiger partial charge in [-0.3, -0.25) is 0 Å². The third kappa shape index (κ3) is 3.21. The van der Waals surface area contributed by atoms with Gasteiger partial charge in [-0.2, -0.15) is 9.61 Å². The maximum atomic E-state index is 4.27. The van der Waals surface area contributed by atoms with Crippen LogP contribution in [-0.4, -0.2) is 20.6 Å². The van der Waals surface area contributed by atoms with E-state index in [-0.39, 0.29) is 0 Å². The average molecular weight is 280 g/mol. The highest BCUT2D eigenvalue weighted by molar-refractivity contribution is 5.51. The Hall–Kier alpha value is -2.36. The van der Waals surface area contributed by atoms with Crippen molar-refractivity contribution in [2.75, 3.05) is 5.32 Å². The molecule has 0 aliphatic heterocycles. The van der Waals surface area contributed by atoms with Crippen molar-refractivity contribution in [2.45, 2.75) is 32.7 Å². The van der Waals surface area contributed by atoms with Gasteiger partial charge in [0.15, 0.2) is 5.65 Å². The van der Waals surface area contributed by atoms with Crippen LogP contribution in [0.5, 0.6) is 0 Å². The highest BCUT2D eigenvalue weighted by Gasteiger charge is 2.08. The summed E-state index contributed by atoms with van der Waals surface area (Å²) in [5.41, 5.74) is 3.45. The van der Waals surface area contributed by atoms with E-state index in [4.69, 9.17) is 0 Å². The van der Waals surface area contributed by atoms with E-state index in [0.717, 1.165) is 24.3 Å². The summed E-state index contributed by atoms with van der Waals surface area (Å²) >= 11 is 0. The van der Waals surface area contributed by atoms with Crippen molar-refractivity contribution < 1.29 is 0 Å². The minimum atomic E-state index is 0.374. The van der Waals surface area contributed by atoms with Crippen LogP contribution >= 0.6 is 0 Å². The highest BCUT2D eigenvalue weighted by atomic mass is 15.3. The number of aromatic nitrogens is 3. The maximum Gasteiger partial charge on any atom is 0.157 e. The van der Waals surface area contributed by atoms with Crippen LogP contribution in [0.15, 0.2) is 48.8 Å². The molecule has 0 saturated carbocycles. The largest absolute Gasteiger partial charge is 0.367 e. The number of pyridine rings is 1. The van der Waals surface area contributed by atoms with Gasteiger partial charge < -0.3 is 5.32 Å². The zero-order valence-electron chi connectivity index (χ0n) is 12.5. The molecule has 4 nitrogen and oxygen atoms in total. The van der Waals surface area contributed by atoms with Crippen molar-refractivity contribution in [2.24, 2.45) is 0 Å². The minimum absolute atomic E-state index is 0.374. The second-order valence-corrected chi connectivity index (χ2v) is 5.52. The molecule has 21 heavy (non-hydrogen) atoms. The monoisotopic (exact) mass is 280 g/mol. The number of anilines is 1. The molecule has 0 fully saturated rings. The fourth-order valence-electron chi connectivity index (χ4n) is 2.51. The van der Waals surface area contributed by atoms with Crippen LogP contribution < -0.4 is 5.32 Å². The molecule has 0 aliphatic carbocycles. The molecule has 4 heteroatoms. The second kappa shape index (κ2) is 5.95. The molecule has 108 valence electrons. The lowest BCUT2D eigenvalue weighted by atomic mass is 10.1. The smallest absolute Gasteiger partial charge is 0.157 e. The van der Waals surface area contributed by atoms with Crippen LogP contribution in [0.1, 0.15) is 24.5 Å². The third-order valence-corrected chi connectivity index (χ3v) is 3.63. The van der Waals surface area contributed by atoms with Gasteiger partial charge in [0.2, 0.25) is 0 Å². The Labute approximate surface area is 124 Å². The molecule has 0 bridgehead atoms. The van der Waals surface area contributed by atoms with E-state index in [2.05, 4.69) is 65.6 Å². The maximum absolute atomic E-state index is 4.27. The van der Waals surface area contributed by atoms with Crippen LogP contribution in [0.4, 0.5) is 5.82 Å². The lowest BCUT2D eigenvalue weighted by Gasteiger charge is -2.16. The quantitative estimate of drug-likeness (QED) is 0.778. The highest BCUT2D eigenvalue weighted by Crippen LogP contribution is 2.15. The number of aryl methyl sites for hydroxylation is 2. The number of nitrogens with zero attached hydrogens (tertiary/aromatic N) is 3. The summed E-state index contributed by atoms with van der Waals surface area (Å²) < 4.78 is 1.85. The predicted molar refractivity (Wildman–Crippen MR) is 85.6 cm³/mol. The zero-order valence-corrected chi connectivity index (χ0v) is 12.5. The average Bonchev–Trinajstić information content (AvgIpc) is 2.94. The Morgan fingerprint density at radius 3 is 2.81 bits per heavy atom. The molecule has 0 amide bonds. The van der Waals surface area contributed by atoms with Gasteiger partial charge in [0, 0.05) is 6.04 Å². The van der Waals surface area contributed by atoms with E-state index in [9.17, 15) is 0 Å². The number of hydrogen-bond donors (Lipinski definition) is 1. The molecular formula is C17H20N4. The molecule has 3 aromatic rings. The molecule has 0 aliphatic rings. The standard InChI is InChI=1S/C17H20N4/c1-13-10-16-18-12-19-21(16)17(11-13)20-14(2)8-9-15-6-4-3-5-7-15/h3-7,10-12,14,20H,8-9H2,1-2H3. The summed E-state index contributed by atoms with van der Waals surface area (Å²) in [4.78, 5) is 4.25. The number of fused-ring (bicyclic) bond motifs is 1. The predicted octanol–water partition coefficient (Wildman–Crippen LogP) is 3.47. The van der Waals surface area contributed by atoms with Crippen molar-refractivity contribution in [1.82, 2.24) is 14.6 Å². The van der Waals surface area contributed by atoms with Gasteiger partial charge in [0.05, 0.1) is 0 Å². The molecule has 0 radical (unpaired) electrons. The van der Waals surface area contributed by atoms with Gasteiger partial charge in [0.25, 0.3) is 0 Å². The fourth-order valence-corrected chi connectivity index (χ4v) is 2.51. The Morgan fingerprint density at radius 2 is 2.00 bits per heavy atom. The van der Waals surface area contributed by atoms with Gasteiger partial charge in [0.1, 0.15) is 12.1 Å². The van der Waals surface area contributed by atoms with E-state index in [1.54, 1.807) is 6.33 Å². The normalized spacial score (nSPS) is 12.5. The Bertz CT molecular complexity index is 718. The lowest BCUT2D eigenvalue weighted by molar-refractivity contribution is 0.698. The number of nitrogens with one attached hydrogen (secondary N) is 1. The van der Waals surface area contributed by atoms with Crippen molar-refractivity contribution in [3.8, 4) is 0 Å². The van der Waals surface area contributed by atoms with Crippen LogP contribution in [0.25, 0.3) is 5.65 Å². The summed E-state index contributed by atoms with van der Waals surface area (Å²) in [5, 5.41) is 7.82. The Balaban J connectivity index is 1.68. The van der Waals surface area contributed by atoms with E-state index in [1.807, 2.05) is 10.6 Å². The molecule has 2 heterocycles. The van der Waals surface area contributed by atoms with Crippen LogP contribution in [0.3, 0.4) is 0 Å².